The molecule has 0 aromatic heterocycles. The molecule has 0 aromatic rings. The normalized spacial score (nSPS) is 24.1. The van der Waals surface area contributed by atoms with Crippen molar-refractivity contribution in [2.75, 3.05) is 40.3 Å². The highest BCUT2D eigenvalue weighted by Crippen LogP contribution is 2.25. The number of hydrogen-bond donors (Lipinski definition) is 1. The number of amides is 1. The quantitative estimate of drug-likeness (QED) is 0.849. The number of piperidine rings is 2. The fourth-order valence-corrected chi connectivity index (χ4v) is 3.62. The largest absolute Gasteiger partial charge is 0.343 e. The van der Waals surface area contributed by atoms with Crippen LogP contribution >= 0.6 is 0 Å². The molecule has 2 heterocycles. The van der Waals surface area contributed by atoms with Gasteiger partial charge in [-0.25, -0.2) is 0 Å². The molecule has 2 aliphatic heterocycles. The second kappa shape index (κ2) is 7.41. The molecule has 0 spiro atoms. The van der Waals surface area contributed by atoms with Crippen molar-refractivity contribution < 1.29 is 4.79 Å². The van der Waals surface area contributed by atoms with Crippen LogP contribution in [0.4, 0.5) is 0 Å². The summed E-state index contributed by atoms with van der Waals surface area (Å²) in [5.74, 6) is 1.66. The van der Waals surface area contributed by atoms with Crippen molar-refractivity contribution in [1.29, 1.82) is 0 Å². The summed E-state index contributed by atoms with van der Waals surface area (Å²) in [5.41, 5.74) is 0. The van der Waals surface area contributed by atoms with E-state index < -0.39 is 0 Å². The minimum Gasteiger partial charge on any atom is -0.343 e. The summed E-state index contributed by atoms with van der Waals surface area (Å²) < 4.78 is 0. The number of likely N-dealkylation sites (tertiary alicyclic amines) is 1. The fourth-order valence-electron chi connectivity index (χ4n) is 3.62. The predicted octanol–water partition coefficient (Wildman–Crippen LogP) is 1.56. The van der Waals surface area contributed by atoms with E-state index in [1.165, 1.54) is 12.8 Å². The van der Waals surface area contributed by atoms with Crippen molar-refractivity contribution in [2.24, 2.45) is 11.8 Å². The van der Waals surface area contributed by atoms with Gasteiger partial charge in [0.1, 0.15) is 0 Å². The molecule has 1 N–H and O–H groups in total. The maximum atomic E-state index is 12.4. The first-order valence-electron chi connectivity index (χ1n) is 8.23. The molecule has 2 saturated heterocycles. The molecular formula is C16H31N3O. The van der Waals surface area contributed by atoms with E-state index in [0.717, 1.165) is 51.4 Å². The lowest BCUT2D eigenvalue weighted by Crippen LogP contribution is -2.45. The van der Waals surface area contributed by atoms with E-state index in [9.17, 15) is 4.79 Å². The zero-order valence-corrected chi connectivity index (χ0v) is 13.4. The van der Waals surface area contributed by atoms with Crippen molar-refractivity contribution in [3.63, 3.8) is 0 Å². The summed E-state index contributed by atoms with van der Waals surface area (Å²) in [6, 6.07) is 0.654. The van der Waals surface area contributed by atoms with Gasteiger partial charge in [-0.1, -0.05) is 6.92 Å². The number of rotatable bonds is 4. The van der Waals surface area contributed by atoms with Gasteiger partial charge in [0, 0.05) is 25.6 Å². The van der Waals surface area contributed by atoms with Gasteiger partial charge >= 0.3 is 0 Å². The van der Waals surface area contributed by atoms with E-state index in [-0.39, 0.29) is 0 Å². The van der Waals surface area contributed by atoms with Gasteiger partial charge in [0.2, 0.25) is 5.91 Å². The molecule has 4 heteroatoms. The predicted molar refractivity (Wildman–Crippen MR) is 82.7 cm³/mol. The molecular weight excluding hydrogens is 250 g/mol. The van der Waals surface area contributed by atoms with E-state index in [1.54, 1.807) is 0 Å². The molecule has 116 valence electrons. The van der Waals surface area contributed by atoms with Crippen LogP contribution in [-0.2, 0) is 4.79 Å². The van der Waals surface area contributed by atoms with Crippen molar-refractivity contribution in [3.05, 3.63) is 0 Å². The fraction of sp³-hybridized carbons (Fsp3) is 0.938. The van der Waals surface area contributed by atoms with Gasteiger partial charge in [0.05, 0.1) is 0 Å². The van der Waals surface area contributed by atoms with Gasteiger partial charge in [0.25, 0.3) is 0 Å². The number of carbonyl (C=O) groups is 1. The molecule has 0 aromatic carbocycles. The van der Waals surface area contributed by atoms with Crippen LogP contribution in [0.15, 0.2) is 0 Å². The number of nitrogens with zero attached hydrogens (tertiary/aromatic N) is 2. The Balaban J connectivity index is 1.74. The van der Waals surface area contributed by atoms with Crippen LogP contribution in [0.1, 0.15) is 39.0 Å². The summed E-state index contributed by atoms with van der Waals surface area (Å²) in [6.07, 6.45) is 5.46. The Morgan fingerprint density at radius 3 is 2.35 bits per heavy atom. The Labute approximate surface area is 123 Å². The monoisotopic (exact) mass is 281 g/mol. The SMILES string of the molecule is CC(CC(=O)N1CCC(N(C)C)CC1)C1CCNCC1. The lowest BCUT2D eigenvalue weighted by molar-refractivity contribution is -0.134. The molecule has 0 aliphatic carbocycles. The maximum Gasteiger partial charge on any atom is 0.222 e. The zero-order chi connectivity index (χ0) is 14.5. The third-order valence-electron chi connectivity index (χ3n) is 5.23. The molecule has 1 unspecified atom stereocenters. The number of carbonyl (C=O) groups excluding carboxylic acids is 1. The number of nitrogens with one attached hydrogen (secondary N) is 1. The summed E-state index contributed by atoms with van der Waals surface area (Å²) in [4.78, 5) is 16.8. The molecule has 2 rings (SSSR count). The van der Waals surface area contributed by atoms with Crippen LogP contribution in [0, 0.1) is 11.8 Å². The lowest BCUT2D eigenvalue weighted by Gasteiger charge is -2.36. The van der Waals surface area contributed by atoms with E-state index in [4.69, 9.17) is 0 Å². The third-order valence-corrected chi connectivity index (χ3v) is 5.23. The van der Waals surface area contributed by atoms with Crippen molar-refractivity contribution in [2.45, 2.75) is 45.1 Å². The van der Waals surface area contributed by atoms with Crippen LogP contribution in [0.2, 0.25) is 0 Å². The van der Waals surface area contributed by atoms with Crippen LogP contribution in [-0.4, -0.2) is 62.0 Å². The Bertz CT molecular complexity index is 305. The lowest BCUT2D eigenvalue weighted by atomic mass is 9.84. The highest BCUT2D eigenvalue weighted by Gasteiger charge is 2.27. The van der Waals surface area contributed by atoms with Crippen molar-refractivity contribution >= 4 is 5.91 Å². The average Bonchev–Trinajstić information content (AvgIpc) is 2.48. The second-order valence-corrected chi connectivity index (χ2v) is 6.84. The van der Waals surface area contributed by atoms with Gasteiger partial charge in [0.15, 0.2) is 0 Å². The van der Waals surface area contributed by atoms with Gasteiger partial charge in [-0.15, -0.1) is 0 Å². The Hall–Kier alpha value is -0.610. The first-order chi connectivity index (χ1) is 9.58. The Morgan fingerprint density at radius 2 is 1.80 bits per heavy atom. The minimum atomic E-state index is 0.383. The third kappa shape index (κ3) is 4.19. The summed E-state index contributed by atoms with van der Waals surface area (Å²) in [7, 11) is 4.28. The first kappa shape index (κ1) is 15.8. The smallest absolute Gasteiger partial charge is 0.222 e. The molecule has 4 nitrogen and oxygen atoms in total. The van der Waals surface area contributed by atoms with Gasteiger partial charge in [-0.3, -0.25) is 4.79 Å². The maximum absolute atomic E-state index is 12.4. The first-order valence-corrected chi connectivity index (χ1v) is 8.23. The van der Waals surface area contributed by atoms with Crippen LogP contribution in [0.25, 0.3) is 0 Å². The molecule has 1 atom stereocenters. The Kier molecular flexibility index (Phi) is 5.85. The van der Waals surface area contributed by atoms with Gasteiger partial charge < -0.3 is 15.1 Å². The van der Waals surface area contributed by atoms with E-state index in [2.05, 4.69) is 36.1 Å². The zero-order valence-electron chi connectivity index (χ0n) is 13.4. The topological polar surface area (TPSA) is 35.6 Å². The van der Waals surface area contributed by atoms with E-state index >= 15 is 0 Å². The van der Waals surface area contributed by atoms with E-state index in [1.807, 2.05) is 0 Å². The standard InChI is InChI=1S/C16H31N3O/c1-13(14-4-8-17-9-5-14)12-16(20)19-10-6-15(7-11-19)18(2)3/h13-15,17H,4-12H2,1-3H3. The van der Waals surface area contributed by atoms with Crippen molar-refractivity contribution in [1.82, 2.24) is 15.1 Å². The molecule has 20 heavy (non-hydrogen) atoms. The van der Waals surface area contributed by atoms with Crippen molar-refractivity contribution in [3.8, 4) is 0 Å². The molecule has 0 radical (unpaired) electrons. The van der Waals surface area contributed by atoms with Crippen LogP contribution < -0.4 is 5.32 Å². The van der Waals surface area contributed by atoms with Crippen LogP contribution in [0.5, 0.6) is 0 Å². The second-order valence-electron chi connectivity index (χ2n) is 6.84. The molecule has 0 saturated carbocycles. The Morgan fingerprint density at radius 1 is 1.20 bits per heavy atom. The summed E-state index contributed by atoms with van der Waals surface area (Å²) in [6.45, 7) is 6.40. The summed E-state index contributed by atoms with van der Waals surface area (Å²) >= 11 is 0. The highest BCUT2D eigenvalue weighted by molar-refractivity contribution is 5.76. The van der Waals surface area contributed by atoms with Gasteiger partial charge in [-0.05, 0) is 64.7 Å². The molecule has 2 aliphatic rings. The van der Waals surface area contributed by atoms with Crippen LogP contribution in [0.3, 0.4) is 0 Å². The minimum absolute atomic E-state index is 0.383. The van der Waals surface area contributed by atoms with Gasteiger partial charge in [-0.2, -0.15) is 0 Å². The number of hydrogen-bond acceptors (Lipinski definition) is 3. The molecule has 2 fully saturated rings. The van der Waals surface area contributed by atoms with E-state index in [0.29, 0.717) is 17.9 Å². The summed E-state index contributed by atoms with van der Waals surface area (Å²) in [5, 5.41) is 3.40. The highest BCUT2D eigenvalue weighted by atomic mass is 16.2. The average molecular weight is 281 g/mol. The molecule has 1 amide bonds. The molecule has 0 bridgehead atoms.